The lowest BCUT2D eigenvalue weighted by Gasteiger charge is -2.17. The molecule has 38 heavy (non-hydrogen) atoms. The SMILES string of the molecule is CCN1/C(=C/C=C/C=C2\CCCC(/C=C/C=C/c3sc4ccccc4[n+]3CC)=C2Cl)Sc2ccccc21.[Cl-]. The number of aryl methyl sites for hydroxylation is 1. The van der Waals surface area contributed by atoms with Crippen LogP contribution in [0.2, 0.25) is 0 Å². The van der Waals surface area contributed by atoms with Crippen molar-refractivity contribution >= 4 is 56.7 Å². The third-order valence-electron chi connectivity index (χ3n) is 6.66. The van der Waals surface area contributed by atoms with E-state index in [-0.39, 0.29) is 12.4 Å². The molecular formula is C32H32Cl2N2S2. The van der Waals surface area contributed by atoms with E-state index in [1.807, 2.05) is 23.1 Å². The maximum atomic E-state index is 6.83. The molecule has 2 aromatic carbocycles. The minimum absolute atomic E-state index is 0. The quantitative estimate of drug-likeness (QED) is 0.236. The Morgan fingerprint density at radius 1 is 0.921 bits per heavy atom. The van der Waals surface area contributed by atoms with Gasteiger partial charge in [0.2, 0.25) is 5.52 Å². The first kappa shape index (κ1) is 28.5. The highest BCUT2D eigenvalue weighted by atomic mass is 35.5. The van der Waals surface area contributed by atoms with Gasteiger partial charge in [0.25, 0.3) is 5.01 Å². The van der Waals surface area contributed by atoms with Crippen LogP contribution in [0.15, 0.2) is 117 Å². The predicted octanol–water partition coefficient (Wildman–Crippen LogP) is 6.42. The van der Waals surface area contributed by atoms with Crippen molar-refractivity contribution in [1.82, 2.24) is 0 Å². The van der Waals surface area contributed by atoms with Crippen molar-refractivity contribution in [3.63, 3.8) is 0 Å². The molecular weight excluding hydrogens is 547 g/mol. The molecule has 196 valence electrons. The fourth-order valence-electron chi connectivity index (χ4n) is 4.83. The predicted molar refractivity (Wildman–Crippen MR) is 163 cm³/mol. The first-order valence-corrected chi connectivity index (χ1v) is 15.0. The van der Waals surface area contributed by atoms with Gasteiger partial charge < -0.3 is 17.3 Å². The first-order chi connectivity index (χ1) is 18.2. The lowest BCUT2D eigenvalue weighted by Crippen LogP contribution is -3.00. The summed E-state index contributed by atoms with van der Waals surface area (Å²) in [6, 6.07) is 17.2. The molecule has 1 aliphatic heterocycles. The fourth-order valence-corrected chi connectivity index (χ4v) is 7.43. The summed E-state index contributed by atoms with van der Waals surface area (Å²) in [7, 11) is 0. The summed E-state index contributed by atoms with van der Waals surface area (Å²) in [5.41, 5.74) is 5.03. The Balaban J connectivity index is 0.00000336. The Hall–Kier alpha value is -2.50. The van der Waals surface area contributed by atoms with Gasteiger partial charge in [0.15, 0.2) is 0 Å². The number of aromatic nitrogens is 1. The molecule has 6 heteroatoms. The normalized spacial score (nSPS) is 18.1. The Labute approximate surface area is 245 Å². The minimum atomic E-state index is 0. The van der Waals surface area contributed by atoms with Gasteiger partial charge >= 0.3 is 0 Å². The van der Waals surface area contributed by atoms with Crippen LogP contribution >= 0.6 is 34.7 Å². The average Bonchev–Trinajstić information content (AvgIpc) is 3.47. The van der Waals surface area contributed by atoms with Gasteiger partial charge in [0.1, 0.15) is 11.2 Å². The number of rotatable bonds is 7. The van der Waals surface area contributed by atoms with Crippen LogP contribution in [0.3, 0.4) is 0 Å². The largest absolute Gasteiger partial charge is 1.00 e. The van der Waals surface area contributed by atoms with Crippen LogP contribution < -0.4 is 21.9 Å². The van der Waals surface area contributed by atoms with Crippen molar-refractivity contribution in [2.45, 2.75) is 44.6 Å². The second-order valence-corrected chi connectivity index (χ2v) is 11.5. The Kier molecular flexibility index (Phi) is 10.1. The lowest BCUT2D eigenvalue weighted by atomic mass is 9.94. The van der Waals surface area contributed by atoms with E-state index in [1.54, 1.807) is 0 Å². The molecule has 0 saturated heterocycles. The van der Waals surface area contributed by atoms with Gasteiger partial charge in [-0.25, -0.2) is 0 Å². The van der Waals surface area contributed by atoms with Crippen molar-refractivity contribution in [3.05, 3.63) is 117 Å². The van der Waals surface area contributed by atoms with Crippen molar-refractivity contribution in [3.8, 4) is 0 Å². The molecule has 0 amide bonds. The van der Waals surface area contributed by atoms with Gasteiger partial charge in [-0.05, 0) is 68.5 Å². The summed E-state index contributed by atoms with van der Waals surface area (Å²) in [6.45, 7) is 6.32. The highest BCUT2D eigenvalue weighted by Gasteiger charge is 2.22. The van der Waals surface area contributed by atoms with Crippen LogP contribution in [0.25, 0.3) is 16.3 Å². The van der Waals surface area contributed by atoms with Crippen LogP contribution in [0, 0.1) is 0 Å². The molecule has 0 radical (unpaired) electrons. The Bertz CT molecular complexity index is 1470. The number of hydrogen-bond acceptors (Lipinski definition) is 3. The molecule has 2 aliphatic rings. The minimum Gasteiger partial charge on any atom is -1.00 e. The number of thioether (sulfide) groups is 1. The number of hydrogen-bond donors (Lipinski definition) is 0. The van der Waals surface area contributed by atoms with Gasteiger partial charge in [-0.2, -0.15) is 4.57 Å². The summed E-state index contributed by atoms with van der Waals surface area (Å²) >= 11 is 10.5. The van der Waals surface area contributed by atoms with Gasteiger partial charge in [-0.1, -0.05) is 95.4 Å². The van der Waals surface area contributed by atoms with E-state index in [0.717, 1.165) is 37.4 Å². The van der Waals surface area contributed by atoms with E-state index in [4.69, 9.17) is 11.6 Å². The second kappa shape index (κ2) is 13.5. The zero-order valence-corrected chi connectivity index (χ0v) is 24.9. The molecule has 0 unspecified atom stereocenters. The van der Waals surface area contributed by atoms with E-state index in [2.05, 4.69) is 120 Å². The number of allylic oxidation sites excluding steroid dienone is 10. The molecule has 0 atom stereocenters. The third kappa shape index (κ3) is 6.21. The smallest absolute Gasteiger partial charge is 0.262 e. The number of fused-ring (bicyclic) bond motifs is 2. The highest BCUT2D eigenvalue weighted by Crippen LogP contribution is 2.45. The molecule has 5 rings (SSSR count). The average molecular weight is 580 g/mol. The van der Waals surface area contributed by atoms with E-state index >= 15 is 0 Å². The van der Waals surface area contributed by atoms with Gasteiger partial charge in [0.05, 0.1) is 10.7 Å². The number of para-hydroxylation sites is 2. The zero-order valence-electron chi connectivity index (χ0n) is 21.7. The standard InChI is InChI=1S/C32H32ClN2S2.ClH/c1-3-34-26-18-7-9-20-28(26)36-30(34)22-11-5-14-24-16-13-17-25(32(24)33)15-6-12-23-31-35(4-2)27-19-8-10-21-29(27)37-31;/h5-12,14-15,18-23H,3-4,13,16-17H2,1-2H3;1H/q+1;/p-1. The van der Waals surface area contributed by atoms with Gasteiger partial charge in [-0.15, -0.1) is 0 Å². The van der Waals surface area contributed by atoms with Crippen molar-refractivity contribution in [1.29, 1.82) is 0 Å². The Morgan fingerprint density at radius 3 is 2.53 bits per heavy atom. The van der Waals surface area contributed by atoms with E-state index in [9.17, 15) is 0 Å². The molecule has 0 spiro atoms. The van der Waals surface area contributed by atoms with Crippen LogP contribution in [0.5, 0.6) is 0 Å². The van der Waals surface area contributed by atoms with Crippen molar-refractivity contribution < 1.29 is 17.0 Å². The van der Waals surface area contributed by atoms with Crippen LogP contribution in [-0.2, 0) is 6.54 Å². The maximum Gasteiger partial charge on any atom is 0.262 e. The third-order valence-corrected chi connectivity index (χ3v) is 9.40. The Morgan fingerprint density at radius 2 is 1.68 bits per heavy atom. The molecule has 1 aliphatic carbocycles. The fraction of sp³-hybridized carbons (Fsp3) is 0.219. The molecule has 0 saturated carbocycles. The van der Waals surface area contributed by atoms with Gasteiger partial charge in [-0.3, -0.25) is 0 Å². The van der Waals surface area contributed by atoms with Crippen LogP contribution in [0.4, 0.5) is 5.69 Å². The van der Waals surface area contributed by atoms with E-state index in [0.29, 0.717) is 0 Å². The molecule has 1 aromatic heterocycles. The molecule has 0 N–H and O–H groups in total. The molecule has 0 bridgehead atoms. The van der Waals surface area contributed by atoms with Crippen molar-refractivity contribution in [2.75, 3.05) is 11.4 Å². The molecule has 0 fully saturated rings. The number of nitrogens with zero attached hydrogens (tertiary/aromatic N) is 2. The van der Waals surface area contributed by atoms with Crippen LogP contribution in [0.1, 0.15) is 38.1 Å². The number of thiazole rings is 1. The summed E-state index contributed by atoms with van der Waals surface area (Å²) in [5.74, 6) is 0. The molecule has 2 nitrogen and oxygen atoms in total. The lowest BCUT2D eigenvalue weighted by molar-refractivity contribution is -0.665. The summed E-state index contributed by atoms with van der Waals surface area (Å²) in [6.07, 6.45) is 20.4. The number of halogens is 2. The number of benzene rings is 2. The molecule has 3 aromatic rings. The molecule has 2 heterocycles. The number of anilines is 1. The summed E-state index contributed by atoms with van der Waals surface area (Å²) < 4.78 is 3.69. The zero-order chi connectivity index (χ0) is 25.6. The first-order valence-electron chi connectivity index (χ1n) is 13.0. The van der Waals surface area contributed by atoms with E-state index in [1.165, 1.54) is 42.0 Å². The van der Waals surface area contributed by atoms with Crippen LogP contribution in [-0.4, -0.2) is 6.54 Å². The topological polar surface area (TPSA) is 7.12 Å². The summed E-state index contributed by atoms with van der Waals surface area (Å²) in [5, 5.41) is 3.43. The maximum absolute atomic E-state index is 6.83. The highest BCUT2D eigenvalue weighted by molar-refractivity contribution is 8.03. The second-order valence-electron chi connectivity index (χ2n) is 8.96. The monoisotopic (exact) mass is 578 g/mol. The van der Waals surface area contributed by atoms with Crippen molar-refractivity contribution in [2.24, 2.45) is 0 Å². The van der Waals surface area contributed by atoms with Gasteiger partial charge in [0, 0.05) is 28.6 Å². The van der Waals surface area contributed by atoms with E-state index < -0.39 is 0 Å². The summed E-state index contributed by atoms with van der Waals surface area (Å²) in [4.78, 5) is 3.69.